The minimum atomic E-state index is -0.775. The number of anilines is 1. The molecule has 6 rings (SSSR count). The second-order valence-electron chi connectivity index (χ2n) is 10.4. The van der Waals surface area contributed by atoms with Crippen molar-refractivity contribution in [2.75, 3.05) is 12.4 Å². The van der Waals surface area contributed by atoms with E-state index in [0.717, 1.165) is 6.07 Å². The van der Waals surface area contributed by atoms with E-state index in [1.54, 1.807) is 74.7 Å². The summed E-state index contributed by atoms with van der Waals surface area (Å²) >= 11 is 1.19. The number of carbonyl (C=O) groups excluding carboxylic acids is 2. The van der Waals surface area contributed by atoms with Crippen molar-refractivity contribution in [3.63, 3.8) is 0 Å². The zero-order valence-electron chi connectivity index (χ0n) is 25.1. The highest BCUT2D eigenvalue weighted by molar-refractivity contribution is 7.07. The maximum absolute atomic E-state index is 14.0. The highest BCUT2D eigenvalue weighted by Gasteiger charge is 2.32. The van der Waals surface area contributed by atoms with Crippen molar-refractivity contribution in [3.05, 3.63) is 161 Å². The summed E-state index contributed by atoms with van der Waals surface area (Å²) in [5, 5.41) is 14.0. The molecule has 1 N–H and O–H groups in total. The van der Waals surface area contributed by atoms with E-state index in [1.165, 1.54) is 34.1 Å². The molecular weight excluding hydrogens is 620 g/mol. The van der Waals surface area contributed by atoms with Gasteiger partial charge in [0.2, 0.25) is 0 Å². The van der Waals surface area contributed by atoms with E-state index in [9.17, 15) is 24.5 Å². The highest BCUT2D eigenvalue weighted by atomic mass is 32.1. The van der Waals surface area contributed by atoms with Crippen LogP contribution in [0.1, 0.15) is 34.5 Å². The zero-order chi connectivity index (χ0) is 33.1. The van der Waals surface area contributed by atoms with E-state index in [0.29, 0.717) is 43.2 Å². The molecule has 4 aromatic carbocycles. The first-order valence-corrected chi connectivity index (χ1v) is 15.1. The van der Waals surface area contributed by atoms with Gasteiger partial charge < -0.3 is 14.8 Å². The topological polar surface area (TPSA) is 142 Å². The molecule has 5 aromatic rings. The molecular formula is C35H26N4O7S. The number of fused-ring (bicyclic) bond motifs is 1. The monoisotopic (exact) mass is 646 g/mol. The van der Waals surface area contributed by atoms with Gasteiger partial charge >= 0.3 is 5.97 Å². The fraction of sp³-hybridized carbons (Fsp3) is 0.0857. The van der Waals surface area contributed by atoms with Crippen LogP contribution in [0.25, 0.3) is 6.08 Å². The number of non-ortho nitro benzene ring substituents is 1. The Kier molecular flexibility index (Phi) is 8.58. The number of esters is 1. The van der Waals surface area contributed by atoms with Crippen molar-refractivity contribution in [1.82, 2.24) is 4.57 Å². The van der Waals surface area contributed by atoms with Gasteiger partial charge in [0.15, 0.2) is 4.80 Å². The fourth-order valence-electron chi connectivity index (χ4n) is 5.15. The molecule has 0 saturated heterocycles. The Labute approximate surface area is 271 Å². The standard InChI is InChI=1S/C35H26N4O7S/c1-21-30(32(40)37-25-10-4-3-5-11-25)31(23-8-7-13-28(20-23)45-2)38-33(41)29(47-35(38)36-21)18-22-14-16-27(17-15-22)46-34(42)24-9-6-12-26(19-24)39(43)44/h3-20,31H,1-2H3,(H,37,40)/b29-18-/t31-/m1/s1. The lowest BCUT2D eigenvalue weighted by Crippen LogP contribution is -2.40. The number of nitro groups is 1. The van der Waals surface area contributed by atoms with Crippen molar-refractivity contribution in [1.29, 1.82) is 0 Å². The van der Waals surface area contributed by atoms with Crippen LogP contribution in [0.2, 0.25) is 0 Å². The average Bonchev–Trinajstić information content (AvgIpc) is 3.38. The molecule has 1 amide bonds. The van der Waals surface area contributed by atoms with Gasteiger partial charge in [-0.25, -0.2) is 9.79 Å². The van der Waals surface area contributed by atoms with Crippen LogP contribution in [-0.4, -0.2) is 28.5 Å². The Balaban J connectivity index is 1.34. The summed E-state index contributed by atoms with van der Waals surface area (Å²) in [5.74, 6) is -0.319. The molecule has 234 valence electrons. The van der Waals surface area contributed by atoms with Gasteiger partial charge in [-0.05, 0) is 66.6 Å². The molecule has 12 heteroatoms. The number of thiazole rings is 1. The summed E-state index contributed by atoms with van der Waals surface area (Å²) in [7, 11) is 1.55. The van der Waals surface area contributed by atoms with Crippen molar-refractivity contribution >= 4 is 40.7 Å². The molecule has 1 atom stereocenters. The van der Waals surface area contributed by atoms with E-state index in [4.69, 9.17) is 9.47 Å². The third-order valence-electron chi connectivity index (χ3n) is 7.39. The number of hydrogen-bond donors (Lipinski definition) is 1. The van der Waals surface area contributed by atoms with Crippen LogP contribution in [0.4, 0.5) is 11.4 Å². The number of aromatic nitrogens is 1. The van der Waals surface area contributed by atoms with Crippen LogP contribution in [0.5, 0.6) is 11.5 Å². The molecule has 0 saturated carbocycles. The van der Waals surface area contributed by atoms with E-state index in [1.807, 2.05) is 24.3 Å². The molecule has 47 heavy (non-hydrogen) atoms. The fourth-order valence-corrected chi connectivity index (χ4v) is 6.20. The summed E-state index contributed by atoms with van der Waals surface area (Å²) in [4.78, 5) is 55.9. The van der Waals surface area contributed by atoms with Crippen LogP contribution >= 0.6 is 11.3 Å². The molecule has 0 fully saturated rings. The third kappa shape index (κ3) is 6.49. The maximum atomic E-state index is 14.0. The summed E-state index contributed by atoms with van der Waals surface area (Å²) in [6, 6.07) is 27.3. The summed E-state index contributed by atoms with van der Waals surface area (Å²) < 4.78 is 12.7. The minimum absolute atomic E-state index is 0.0436. The van der Waals surface area contributed by atoms with Crippen molar-refractivity contribution in [3.8, 4) is 11.5 Å². The Morgan fingerprint density at radius 1 is 0.957 bits per heavy atom. The van der Waals surface area contributed by atoms with Gasteiger partial charge in [0.05, 0.1) is 39.4 Å². The van der Waals surface area contributed by atoms with Gasteiger partial charge in [-0.1, -0.05) is 59.9 Å². The summed E-state index contributed by atoms with van der Waals surface area (Å²) in [6.45, 7) is 1.75. The highest BCUT2D eigenvalue weighted by Crippen LogP contribution is 2.32. The third-order valence-corrected chi connectivity index (χ3v) is 8.37. The number of amides is 1. The second kappa shape index (κ2) is 13.1. The molecule has 0 aliphatic carbocycles. The molecule has 1 aliphatic heterocycles. The van der Waals surface area contributed by atoms with Crippen molar-refractivity contribution < 1.29 is 24.0 Å². The number of nitro benzene ring substituents is 1. The smallest absolute Gasteiger partial charge is 0.343 e. The minimum Gasteiger partial charge on any atom is -0.497 e. The first-order valence-electron chi connectivity index (χ1n) is 14.3. The lowest BCUT2D eigenvalue weighted by atomic mass is 9.95. The molecule has 1 aliphatic rings. The normalized spacial score (nSPS) is 14.2. The van der Waals surface area contributed by atoms with E-state index in [2.05, 4.69) is 10.3 Å². The lowest BCUT2D eigenvalue weighted by Gasteiger charge is -2.25. The van der Waals surface area contributed by atoms with Gasteiger partial charge in [0.25, 0.3) is 17.2 Å². The number of nitrogens with one attached hydrogen (secondary N) is 1. The van der Waals surface area contributed by atoms with Crippen molar-refractivity contribution in [2.45, 2.75) is 13.0 Å². The number of nitrogens with zero attached hydrogens (tertiary/aromatic N) is 3. The van der Waals surface area contributed by atoms with E-state index < -0.39 is 16.9 Å². The molecule has 11 nitrogen and oxygen atoms in total. The maximum Gasteiger partial charge on any atom is 0.343 e. The number of carbonyl (C=O) groups is 2. The Hall–Kier alpha value is -6.14. The zero-order valence-corrected chi connectivity index (χ0v) is 25.9. The summed E-state index contributed by atoms with van der Waals surface area (Å²) in [5.41, 5.74) is 2.25. The number of para-hydroxylation sites is 1. The van der Waals surface area contributed by atoms with Gasteiger partial charge in [-0.15, -0.1) is 0 Å². The predicted molar refractivity (Wildman–Crippen MR) is 176 cm³/mol. The van der Waals surface area contributed by atoms with Gasteiger partial charge in [-0.3, -0.25) is 24.3 Å². The molecule has 0 spiro atoms. The van der Waals surface area contributed by atoms with Crippen LogP contribution < -0.4 is 29.7 Å². The summed E-state index contributed by atoms with van der Waals surface area (Å²) in [6.07, 6.45) is 1.70. The first kappa shape index (κ1) is 30.9. The first-order chi connectivity index (χ1) is 22.7. The molecule has 0 radical (unpaired) electrons. The molecule has 0 bridgehead atoms. The number of hydrogen-bond acceptors (Lipinski definition) is 9. The van der Waals surface area contributed by atoms with E-state index >= 15 is 0 Å². The van der Waals surface area contributed by atoms with Crippen molar-refractivity contribution in [2.24, 2.45) is 4.99 Å². The number of rotatable bonds is 8. The molecule has 2 heterocycles. The lowest BCUT2D eigenvalue weighted by molar-refractivity contribution is -0.384. The van der Waals surface area contributed by atoms with Gasteiger partial charge in [0.1, 0.15) is 11.5 Å². The van der Waals surface area contributed by atoms with Crippen LogP contribution in [0, 0.1) is 10.1 Å². The molecule has 1 aromatic heterocycles. The number of benzene rings is 4. The van der Waals surface area contributed by atoms with Gasteiger partial charge in [0, 0.05) is 17.8 Å². The SMILES string of the molecule is COc1cccc([C@@H]2C(C(=O)Nc3ccccc3)=C(C)N=c3s/c(=C\c4ccc(OC(=O)c5cccc([N+](=O)[O-])c5)cc4)c(=O)n32)c1. The largest absolute Gasteiger partial charge is 0.497 e. The van der Waals surface area contributed by atoms with Crippen LogP contribution in [-0.2, 0) is 4.79 Å². The quantitative estimate of drug-likeness (QED) is 0.108. The predicted octanol–water partition coefficient (Wildman–Crippen LogP) is 5.01. The number of allylic oxidation sites excluding steroid dienone is 1. The Morgan fingerprint density at radius 2 is 1.70 bits per heavy atom. The Morgan fingerprint density at radius 3 is 2.43 bits per heavy atom. The van der Waals surface area contributed by atoms with Crippen LogP contribution in [0.3, 0.4) is 0 Å². The van der Waals surface area contributed by atoms with Gasteiger partial charge in [-0.2, -0.15) is 0 Å². The molecule has 0 unspecified atom stereocenters. The van der Waals surface area contributed by atoms with Crippen LogP contribution in [0.15, 0.2) is 124 Å². The number of methoxy groups -OCH3 is 1. The number of ether oxygens (including phenoxy) is 2. The second-order valence-corrected chi connectivity index (χ2v) is 11.5. The Bertz CT molecular complexity index is 2240. The van der Waals surface area contributed by atoms with E-state index in [-0.39, 0.29) is 28.5 Å². The average molecular weight is 647 g/mol.